The number of hydrogen-bond acceptors (Lipinski definition) is 7. The quantitative estimate of drug-likeness (QED) is 0.112. The van der Waals surface area contributed by atoms with Crippen LogP contribution < -0.4 is 14.9 Å². The Bertz CT molecular complexity index is 1350. The number of nitrogens with one attached hydrogen (secondary N) is 1. The second-order valence-corrected chi connectivity index (χ2v) is 8.35. The van der Waals surface area contributed by atoms with Crippen LogP contribution in [0.4, 0.5) is 11.5 Å². The van der Waals surface area contributed by atoms with E-state index in [-0.39, 0.29) is 11.5 Å². The first-order valence-corrected chi connectivity index (χ1v) is 11.6. The van der Waals surface area contributed by atoms with Gasteiger partial charge in [0.1, 0.15) is 6.61 Å². The highest BCUT2D eigenvalue weighted by atomic mass is 127. The molecule has 0 bridgehead atoms. The first-order chi connectivity index (χ1) is 16.6. The van der Waals surface area contributed by atoms with E-state index >= 15 is 0 Å². The van der Waals surface area contributed by atoms with E-state index in [2.05, 4.69) is 62.4 Å². The van der Waals surface area contributed by atoms with Gasteiger partial charge in [-0.1, -0.05) is 42.5 Å². The van der Waals surface area contributed by atoms with Gasteiger partial charge in [0.2, 0.25) is 5.82 Å². The van der Waals surface area contributed by atoms with Gasteiger partial charge in [-0.2, -0.15) is 5.10 Å². The Kier molecular flexibility index (Phi) is 7.53. The fraction of sp³-hybridized carbons (Fsp3) is 0.120. The third-order valence-corrected chi connectivity index (χ3v) is 5.75. The van der Waals surface area contributed by atoms with E-state index in [1.165, 1.54) is 18.3 Å². The van der Waals surface area contributed by atoms with Crippen molar-refractivity contribution in [3.63, 3.8) is 0 Å². The highest BCUT2D eigenvalue weighted by Crippen LogP contribution is 2.35. The Hall–Kier alpha value is -3.73. The normalized spacial score (nSPS) is 11.0. The molecule has 0 aliphatic rings. The molecule has 172 valence electrons. The molecule has 4 aromatic rings. The van der Waals surface area contributed by atoms with Crippen LogP contribution >= 0.6 is 22.6 Å². The zero-order valence-corrected chi connectivity index (χ0v) is 20.4. The van der Waals surface area contributed by atoms with E-state index in [0.717, 1.165) is 25.5 Å². The van der Waals surface area contributed by atoms with Crippen LogP contribution in [0.2, 0.25) is 0 Å². The van der Waals surface area contributed by atoms with Gasteiger partial charge in [0.25, 0.3) is 0 Å². The van der Waals surface area contributed by atoms with Crippen molar-refractivity contribution < 1.29 is 14.4 Å². The largest absolute Gasteiger partial charge is 0.490 e. The van der Waals surface area contributed by atoms with Gasteiger partial charge in [0.05, 0.1) is 21.3 Å². The molecule has 4 rings (SSSR count). The predicted molar refractivity (Wildman–Crippen MR) is 141 cm³/mol. The van der Waals surface area contributed by atoms with Gasteiger partial charge in [-0.25, -0.2) is 4.98 Å². The van der Waals surface area contributed by atoms with E-state index in [9.17, 15) is 10.1 Å². The summed E-state index contributed by atoms with van der Waals surface area (Å²) in [5, 5.41) is 17.6. The number of ether oxygens (including phenoxy) is 2. The van der Waals surface area contributed by atoms with Gasteiger partial charge < -0.3 is 9.47 Å². The van der Waals surface area contributed by atoms with Gasteiger partial charge in [0.15, 0.2) is 11.5 Å². The van der Waals surface area contributed by atoms with Crippen LogP contribution in [0.15, 0.2) is 78.0 Å². The third kappa shape index (κ3) is 5.42. The number of rotatable bonds is 9. The molecular weight excluding hydrogens is 547 g/mol. The number of halogens is 1. The number of aromatic nitrogens is 1. The molecule has 0 radical (unpaired) electrons. The molecule has 0 amide bonds. The molecule has 1 aromatic heterocycles. The summed E-state index contributed by atoms with van der Waals surface area (Å²) in [5.41, 5.74) is 4.32. The van der Waals surface area contributed by atoms with Crippen molar-refractivity contribution in [1.82, 2.24) is 4.98 Å². The smallest absolute Gasteiger partial charge is 0.313 e. The van der Waals surface area contributed by atoms with E-state index in [1.807, 2.05) is 37.3 Å². The molecule has 8 nitrogen and oxygen atoms in total. The van der Waals surface area contributed by atoms with Crippen molar-refractivity contribution in [2.75, 3.05) is 12.0 Å². The maximum atomic E-state index is 11.1. The number of anilines is 1. The molecule has 0 saturated heterocycles. The number of nitrogens with zero attached hydrogens (tertiary/aromatic N) is 3. The van der Waals surface area contributed by atoms with Crippen LogP contribution in [0.1, 0.15) is 18.1 Å². The first kappa shape index (κ1) is 23.4. The molecule has 3 aromatic carbocycles. The number of benzene rings is 3. The van der Waals surface area contributed by atoms with Crippen molar-refractivity contribution >= 4 is 51.1 Å². The fourth-order valence-electron chi connectivity index (χ4n) is 3.43. The van der Waals surface area contributed by atoms with Crippen molar-refractivity contribution in [1.29, 1.82) is 0 Å². The maximum absolute atomic E-state index is 11.1. The van der Waals surface area contributed by atoms with Gasteiger partial charge in [-0.3, -0.25) is 15.5 Å². The number of fused-ring (bicyclic) bond motifs is 1. The Labute approximate surface area is 209 Å². The lowest BCUT2D eigenvalue weighted by atomic mass is 10.1. The molecule has 0 fully saturated rings. The van der Waals surface area contributed by atoms with Gasteiger partial charge >= 0.3 is 5.69 Å². The minimum absolute atomic E-state index is 0.0681. The number of pyridine rings is 1. The average Bonchev–Trinajstić information content (AvgIpc) is 2.84. The second kappa shape index (κ2) is 10.9. The molecule has 0 aliphatic carbocycles. The van der Waals surface area contributed by atoms with E-state index in [1.54, 1.807) is 6.21 Å². The first-order valence-electron chi connectivity index (χ1n) is 10.5. The lowest BCUT2D eigenvalue weighted by Gasteiger charge is -2.15. The van der Waals surface area contributed by atoms with Gasteiger partial charge in [-0.05, 0) is 69.6 Å². The highest BCUT2D eigenvalue weighted by molar-refractivity contribution is 14.1. The maximum Gasteiger partial charge on any atom is 0.313 e. The molecule has 9 heteroatoms. The van der Waals surface area contributed by atoms with Gasteiger partial charge in [-0.15, -0.1) is 0 Å². The molecule has 34 heavy (non-hydrogen) atoms. The van der Waals surface area contributed by atoms with Crippen molar-refractivity contribution in [2.45, 2.75) is 13.5 Å². The Morgan fingerprint density at radius 1 is 1.12 bits per heavy atom. The number of nitro groups is 1. The van der Waals surface area contributed by atoms with Crippen LogP contribution in [0, 0.1) is 13.7 Å². The minimum Gasteiger partial charge on any atom is -0.490 e. The monoisotopic (exact) mass is 568 g/mol. The van der Waals surface area contributed by atoms with E-state index in [0.29, 0.717) is 24.7 Å². The Morgan fingerprint density at radius 2 is 1.94 bits per heavy atom. The Balaban J connectivity index is 1.55. The van der Waals surface area contributed by atoms with Gasteiger partial charge in [0, 0.05) is 12.3 Å². The predicted octanol–water partition coefficient (Wildman–Crippen LogP) is 6.17. The third-order valence-electron chi connectivity index (χ3n) is 4.95. The van der Waals surface area contributed by atoms with Crippen molar-refractivity contribution in [3.05, 3.63) is 97.7 Å². The highest BCUT2D eigenvalue weighted by Gasteiger charge is 2.14. The second-order valence-electron chi connectivity index (χ2n) is 7.19. The van der Waals surface area contributed by atoms with Crippen LogP contribution in [0.3, 0.4) is 0 Å². The van der Waals surface area contributed by atoms with Crippen LogP contribution in [0.25, 0.3) is 10.8 Å². The molecule has 0 unspecified atom stereocenters. The zero-order chi connectivity index (χ0) is 23.9. The summed E-state index contributed by atoms with van der Waals surface area (Å²) >= 11 is 2.20. The summed E-state index contributed by atoms with van der Waals surface area (Å²) in [6.07, 6.45) is 3.01. The summed E-state index contributed by atoms with van der Waals surface area (Å²) < 4.78 is 12.9. The fourth-order valence-corrected chi connectivity index (χ4v) is 4.21. The summed E-state index contributed by atoms with van der Waals surface area (Å²) in [6, 6.07) is 20.9. The van der Waals surface area contributed by atoms with Crippen LogP contribution in [-0.4, -0.2) is 22.7 Å². The summed E-state index contributed by atoms with van der Waals surface area (Å²) in [5.74, 6) is 1.32. The molecule has 1 heterocycles. The van der Waals surface area contributed by atoms with Crippen molar-refractivity contribution in [3.8, 4) is 11.5 Å². The van der Waals surface area contributed by atoms with Crippen LogP contribution in [-0.2, 0) is 6.61 Å². The summed E-state index contributed by atoms with van der Waals surface area (Å²) in [7, 11) is 0. The molecule has 0 saturated carbocycles. The Morgan fingerprint density at radius 3 is 2.76 bits per heavy atom. The van der Waals surface area contributed by atoms with Crippen molar-refractivity contribution in [2.24, 2.45) is 5.10 Å². The van der Waals surface area contributed by atoms with E-state index < -0.39 is 4.92 Å². The lowest BCUT2D eigenvalue weighted by molar-refractivity contribution is -0.384. The lowest BCUT2D eigenvalue weighted by Crippen LogP contribution is -2.03. The number of hydrogen-bond donors (Lipinski definition) is 1. The SMILES string of the molecule is CCOc1cc(/C=N\Nc2ncccc2[N+](=O)[O-])cc(I)c1OCc1cccc2ccccc12. The number of hydrazone groups is 1. The molecule has 1 N–H and O–H groups in total. The molecule has 0 spiro atoms. The topological polar surface area (TPSA) is 98.9 Å². The zero-order valence-electron chi connectivity index (χ0n) is 18.3. The minimum atomic E-state index is -0.511. The summed E-state index contributed by atoms with van der Waals surface area (Å²) in [4.78, 5) is 14.6. The molecule has 0 aliphatic heterocycles. The molecular formula is C25H21IN4O4. The summed E-state index contributed by atoms with van der Waals surface area (Å²) in [6.45, 7) is 2.78. The standard InChI is InChI=1S/C25H21IN4O4/c1-2-33-23-14-17(15-28-29-25-22(30(31)32)11-6-12-27-25)13-21(26)24(23)34-16-19-9-5-8-18-7-3-4-10-20(18)19/h3-15H,2,16H2,1H3,(H,27,29)/b28-15-. The van der Waals surface area contributed by atoms with E-state index in [4.69, 9.17) is 9.47 Å². The average molecular weight is 568 g/mol. The van der Waals surface area contributed by atoms with Crippen LogP contribution in [0.5, 0.6) is 11.5 Å². The molecule has 0 atom stereocenters.